The van der Waals surface area contributed by atoms with Crippen LogP contribution in [0.1, 0.15) is 59.9 Å². The summed E-state index contributed by atoms with van der Waals surface area (Å²) in [4.78, 5) is 18.6. The minimum atomic E-state index is -1.01. The first kappa shape index (κ1) is 21.3. The Bertz CT molecular complexity index is 1140. The molecule has 162 valence electrons. The molecule has 0 fully saturated rings. The van der Waals surface area contributed by atoms with Crippen LogP contribution in [-0.4, -0.2) is 38.9 Å². The molecule has 0 spiro atoms. The van der Waals surface area contributed by atoms with Crippen molar-refractivity contribution >= 4 is 38.7 Å². The van der Waals surface area contributed by atoms with Gasteiger partial charge >= 0.3 is 5.97 Å². The van der Waals surface area contributed by atoms with Gasteiger partial charge in [-0.15, -0.1) is 0 Å². The monoisotopic (exact) mass is 436 g/mol. The van der Waals surface area contributed by atoms with Crippen LogP contribution < -0.4 is 4.90 Å². The Morgan fingerprint density at radius 1 is 1.29 bits per heavy atom. The number of fused-ring (bicyclic) bond motifs is 1. The summed E-state index contributed by atoms with van der Waals surface area (Å²) in [6, 6.07) is 5.98. The largest absolute Gasteiger partial charge is 0.476 e. The van der Waals surface area contributed by atoms with Crippen molar-refractivity contribution in [3.05, 3.63) is 58.9 Å². The van der Waals surface area contributed by atoms with E-state index in [9.17, 15) is 9.90 Å². The minimum Gasteiger partial charge on any atom is -0.476 e. The molecule has 1 N–H and O–H groups in total. The highest BCUT2D eigenvalue weighted by Crippen LogP contribution is 2.33. The van der Waals surface area contributed by atoms with Crippen LogP contribution in [0.4, 0.5) is 5.13 Å². The summed E-state index contributed by atoms with van der Waals surface area (Å²) in [5.41, 5.74) is 4.09. The van der Waals surface area contributed by atoms with Crippen LogP contribution in [0.15, 0.2) is 36.4 Å². The van der Waals surface area contributed by atoms with Crippen LogP contribution in [0.25, 0.3) is 16.3 Å². The number of carboxylic acid groups (broad SMARTS) is 1. The van der Waals surface area contributed by atoms with E-state index >= 15 is 0 Å². The van der Waals surface area contributed by atoms with Crippen LogP contribution in [-0.2, 0) is 6.54 Å². The first-order valence-electron chi connectivity index (χ1n) is 10.8. The molecule has 2 aromatic heterocycles. The summed E-state index contributed by atoms with van der Waals surface area (Å²) in [5.74, 6) is -1.01. The van der Waals surface area contributed by atoms with Crippen molar-refractivity contribution in [2.45, 2.75) is 46.1 Å². The molecule has 6 nitrogen and oxygen atoms in total. The highest BCUT2D eigenvalue weighted by molar-refractivity contribution is 7.22. The molecule has 0 radical (unpaired) electrons. The van der Waals surface area contributed by atoms with Crippen LogP contribution in [0.5, 0.6) is 0 Å². The van der Waals surface area contributed by atoms with E-state index in [1.54, 1.807) is 22.1 Å². The lowest BCUT2D eigenvalue weighted by molar-refractivity contribution is 0.0689. The topological polar surface area (TPSA) is 71.2 Å². The zero-order valence-corrected chi connectivity index (χ0v) is 18.9. The number of anilines is 1. The van der Waals surface area contributed by atoms with Gasteiger partial charge in [-0.05, 0) is 43.5 Å². The maximum absolute atomic E-state index is 11.3. The molecule has 31 heavy (non-hydrogen) atoms. The summed E-state index contributed by atoms with van der Waals surface area (Å²) in [7, 11) is 0. The number of allylic oxidation sites excluding steroid dienone is 1. The molecule has 1 aliphatic heterocycles. The number of carbonyl (C=O) groups is 1. The molecule has 4 rings (SSSR count). The molecular weight excluding hydrogens is 408 g/mol. The third kappa shape index (κ3) is 4.88. The highest BCUT2D eigenvalue weighted by Gasteiger charge is 2.17. The number of rotatable bonds is 8. The Balaban J connectivity index is 1.72. The van der Waals surface area contributed by atoms with Gasteiger partial charge in [-0.2, -0.15) is 5.10 Å². The maximum atomic E-state index is 11.3. The average molecular weight is 437 g/mol. The molecule has 0 atom stereocenters. The van der Waals surface area contributed by atoms with E-state index in [0.29, 0.717) is 6.54 Å². The summed E-state index contributed by atoms with van der Waals surface area (Å²) in [5, 5.41) is 14.6. The smallest absolute Gasteiger partial charge is 0.356 e. The Morgan fingerprint density at radius 3 is 2.87 bits per heavy atom. The molecule has 0 saturated carbocycles. The number of aromatic nitrogens is 3. The van der Waals surface area contributed by atoms with Crippen LogP contribution in [0, 0.1) is 6.92 Å². The molecular formula is C24H28N4O2S. The summed E-state index contributed by atoms with van der Waals surface area (Å²) in [6.45, 7) is 6.45. The van der Waals surface area contributed by atoms with Gasteiger partial charge in [-0.1, -0.05) is 55.4 Å². The van der Waals surface area contributed by atoms with Gasteiger partial charge in [0.1, 0.15) is 0 Å². The van der Waals surface area contributed by atoms with Gasteiger partial charge in [0.25, 0.3) is 0 Å². The lowest BCUT2D eigenvalue weighted by Gasteiger charge is -2.22. The van der Waals surface area contributed by atoms with E-state index in [1.807, 2.05) is 6.92 Å². The second-order valence-corrected chi connectivity index (χ2v) is 8.92. The third-order valence-corrected chi connectivity index (χ3v) is 6.53. The van der Waals surface area contributed by atoms with Crippen molar-refractivity contribution in [1.29, 1.82) is 0 Å². The maximum Gasteiger partial charge on any atom is 0.356 e. The fourth-order valence-corrected chi connectivity index (χ4v) is 4.85. The second-order valence-electron chi connectivity index (χ2n) is 7.91. The molecule has 3 aromatic rings. The van der Waals surface area contributed by atoms with Crippen molar-refractivity contribution in [2.24, 2.45) is 0 Å². The zero-order chi connectivity index (χ0) is 21.8. The van der Waals surface area contributed by atoms with Gasteiger partial charge in [0.05, 0.1) is 16.8 Å². The molecule has 0 saturated heterocycles. The SMILES string of the molecule is CCCC/C=C/c1cc(Cn2nc(C(=O)O)cc2C)c2nc(N3CC=CCC3)sc2c1. The van der Waals surface area contributed by atoms with Gasteiger partial charge in [0, 0.05) is 24.3 Å². The van der Waals surface area contributed by atoms with Gasteiger partial charge in [0.2, 0.25) is 0 Å². The lowest BCUT2D eigenvalue weighted by Crippen LogP contribution is -2.26. The number of nitrogens with zero attached hydrogens (tertiary/aromatic N) is 4. The molecule has 1 aromatic carbocycles. The van der Waals surface area contributed by atoms with E-state index in [4.69, 9.17) is 4.98 Å². The number of aryl methyl sites for hydroxylation is 1. The van der Waals surface area contributed by atoms with Crippen molar-refractivity contribution in [1.82, 2.24) is 14.8 Å². The molecule has 3 heterocycles. The normalized spacial score (nSPS) is 14.2. The van der Waals surface area contributed by atoms with Gasteiger partial charge < -0.3 is 10.0 Å². The standard InChI is InChI=1S/C24H28N4O2S/c1-3-4-5-7-10-18-14-19(16-28-17(2)13-20(26-28)23(29)30)22-21(15-18)31-24(25-22)27-11-8-6-9-12-27/h6-8,10,13-15H,3-5,9,11-12,16H2,1-2H3,(H,29,30)/b10-7+. The van der Waals surface area contributed by atoms with E-state index < -0.39 is 5.97 Å². The molecule has 0 amide bonds. The number of benzene rings is 1. The highest BCUT2D eigenvalue weighted by atomic mass is 32.1. The van der Waals surface area contributed by atoms with Crippen molar-refractivity contribution in [3.63, 3.8) is 0 Å². The average Bonchev–Trinajstić information content (AvgIpc) is 3.36. The van der Waals surface area contributed by atoms with E-state index in [-0.39, 0.29) is 5.69 Å². The molecule has 0 unspecified atom stereocenters. The summed E-state index contributed by atoms with van der Waals surface area (Å²) >= 11 is 1.72. The number of hydrogen-bond acceptors (Lipinski definition) is 5. The number of aromatic carboxylic acids is 1. The minimum absolute atomic E-state index is 0.0726. The van der Waals surface area contributed by atoms with Crippen LogP contribution in [0.3, 0.4) is 0 Å². The number of unbranched alkanes of at least 4 members (excludes halogenated alkanes) is 2. The van der Waals surface area contributed by atoms with Crippen molar-refractivity contribution in [3.8, 4) is 0 Å². The Hall–Kier alpha value is -2.93. The Kier molecular flexibility index (Phi) is 6.51. The molecule has 0 aliphatic carbocycles. The second kappa shape index (κ2) is 9.47. The van der Waals surface area contributed by atoms with E-state index in [0.717, 1.165) is 58.1 Å². The zero-order valence-electron chi connectivity index (χ0n) is 18.0. The fraction of sp³-hybridized carbons (Fsp3) is 0.375. The predicted molar refractivity (Wildman–Crippen MR) is 127 cm³/mol. The van der Waals surface area contributed by atoms with Crippen molar-refractivity contribution < 1.29 is 9.90 Å². The number of carboxylic acids is 1. The Morgan fingerprint density at radius 2 is 2.16 bits per heavy atom. The predicted octanol–water partition coefficient (Wildman–Crippen LogP) is 5.52. The fourth-order valence-electron chi connectivity index (χ4n) is 3.76. The van der Waals surface area contributed by atoms with Gasteiger partial charge in [-0.25, -0.2) is 9.78 Å². The molecule has 7 heteroatoms. The number of hydrogen-bond donors (Lipinski definition) is 1. The van der Waals surface area contributed by atoms with Gasteiger partial charge in [0.15, 0.2) is 10.8 Å². The van der Waals surface area contributed by atoms with Crippen LogP contribution >= 0.6 is 11.3 Å². The quantitative estimate of drug-likeness (QED) is 0.372. The van der Waals surface area contributed by atoms with Gasteiger partial charge in [-0.3, -0.25) is 4.68 Å². The van der Waals surface area contributed by atoms with E-state index in [2.05, 4.69) is 53.4 Å². The molecule has 0 bridgehead atoms. The lowest BCUT2D eigenvalue weighted by atomic mass is 10.1. The summed E-state index contributed by atoms with van der Waals surface area (Å²) in [6.07, 6.45) is 13.3. The first-order valence-corrected chi connectivity index (χ1v) is 11.6. The number of thiazole rings is 1. The first-order chi connectivity index (χ1) is 15.0. The van der Waals surface area contributed by atoms with Crippen LogP contribution in [0.2, 0.25) is 0 Å². The summed E-state index contributed by atoms with van der Waals surface area (Å²) < 4.78 is 2.91. The van der Waals surface area contributed by atoms with E-state index in [1.165, 1.54) is 12.8 Å². The Labute approximate surface area is 186 Å². The molecule has 1 aliphatic rings. The van der Waals surface area contributed by atoms with Crippen molar-refractivity contribution in [2.75, 3.05) is 18.0 Å². The third-order valence-electron chi connectivity index (χ3n) is 5.47.